The minimum Gasteiger partial charge on any atom is -0.0778 e. The Morgan fingerprint density at radius 1 is 1.12 bits per heavy atom. The van der Waals surface area contributed by atoms with Gasteiger partial charge in [-0.2, -0.15) is 0 Å². The van der Waals surface area contributed by atoms with Gasteiger partial charge in [0, 0.05) is 0 Å². The van der Waals surface area contributed by atoms with Gasteiger partial charge in [-0.15, -0.1) is 0 Å². The predicted octanol–water partition coefficient (Wildman–Crippen LogP) is 1.91. The first-order valence-electron chi connectivity index (χ1n) is 2.36. The highest BCUT2D eigenvalue weighted by Gasteiger charge is 1.78. The van der Waals surface area contributed by atoms with Crippen molar-refractivity contribution in [2.45, 2.75) is 0 Å². The Morgan fingerprint density at radius 2 is 1.75 bits per heavy atom. The molecule has 1 heteroatoms. The molecule has 0 bridgehead atoms. The van der Waals surface area contributed by atoms with E-state index in [4.69, 9.17) is 0 Å². The maximum Gasteiger partial charge on any atom is 0.0636 e. The van der Waals surface area contributed by atoms with Crippen LogP contribution in [0.3, 0.4) is 0 Å². The molecule has 0 aromatic heterocycles. The van der Waals surface area contributed by atoms with Crippen molar-refractivity contribution in [2.24, 2.45) is 0 Å². The topological polar surface area (TPSA) is 0 Å². The summed E-state index contributed by atoms with van der Waals surface area (Å²) in [4.78, 5) is 0. The van der Waals surface area contributed by atoms with Crippen molar-refractivity contribution >= 4 is 17.6 Å². The Kier molecular flexibility index (Phi) is 1.75. The van der Waals surface area contributed by atoms with E-state index in [1.165, 1.54) is 0 Å². The van der Waals surface area contributed by atoms with Gasteiger partial charge < -0.3 is 0 Å². The molecular formula is C7H5S. The maximum atomic E-state index is 4.57. The van der Waals surface area contributed by atoms with Crippen LogP contribution in [-0.4, -0.2) is 5.37 Å². The molecule has 8 heavy (non-hydrogen) atoms. The lowest BCUT2D eigenvalue weighted by atomic mass is 10.2. The van der Waals surface area contributed by atoms with Gasteiger partial charge in [0.2, 0.25) is 0 Å². The van der Waals surface area contributed by atoms with E-state index in [2.05, 4.69) is 17.6 Å². The minimum absolute atomic E-state index is 0.975. The van der Waals surface area contributed by atoms with Crippen LogP contribution in [0, 0.1) is 0 Å². The lowest BCUT2D eigenvalue weighted by Crippen LogP contribution is -1.71. The average Bonchev–Trinajstić information content (AvgIpc) is 1.90. The molecule has 0 nitrogen and oxygen atoms in total. The van der Waals surface area contributed by atoms with Crippen LogP contribution in [0.25, 0.3) is 0 Å². The van der Waals surface area contributed by atoms with E-state index in [0.29, 0.717) is 0 Å². The summed E-state index contributed by atoms with van der Waals surface area (Å²) in [7, 11) is 0. The summed E-state index contributed by atoms with van der Waals surface area (Å²) in [5.74, 6) is 0. The Morgan fingerprint density at radius 3 is 2.12 bits per heavy atom. The molecule has 0 aliphatic heterocycles. The zero-order chi connectivity index (χ0) is 5.82. The summed E-state index contributed by atoms with van der Waals surface area (Å²) in [6.45, 7) is 0. The van der Waals surface area contributed by atoms with Gasteiger partial charge in [-0.05, 0) is 5.56 Å². The van der Waals surface area contributed by atoms with Crippen molar-refractivity contribution in [1.82, 2.24) is 0 Å². The molecular weight excluding hydrogens is 116 g/mol. The van der Waals surface area contributed by atoms with E-state index in [0.717, 1.165) is 5.56 Å². The van der Waals surface area contributed by atoms with Crippen molar-refractivity contribution in [2.75, 3.05) is 0 Å². The lowest BCUT2D eigenvalue weighted by Gasteiger charge is -1.83. The number of benzene rings is 1. The SMILES string of the molecule is S=[C]c1ccccc1. The van der Waals surface area contributed by atoms with E-state index < -0.39 is 0 Å². The standard InChI is InChI=1S/C7H5S/c8-6-7-4-2-1-3-5-7/h1-5H. The van der Waals surface area contributed by atoms with Crippen LogP contribution in [0.1, 0.15) is 5.56 Å². The third kappa shape index (κ3) is 1.14. The first-order valence-corrected chi connectivity index (χ1v) is 2.77. The van der Waals surface area contributed by atoms with Crippen molar-refractivity contribution in [3.8, 4) is 0 Å². The first kappa shape index (κ1) is 5.45. The molecule has 0 aliphatic carbocycles. The van der Waals surface area contributed by atoms with E-state index in [1.54, 1.807) is 0 Å². The highest BCUT2D eigenvalue weighted by Crippen LogP contribution is 1.92. The lowest BCUT2D eigenvalue weighted by molar-refractivity contribution is 1.69. The van der Waals surface area contributed by atoms with Crippen molar-refractivity contribution in [3.63, 3.8) is 0 Å². The van der Waals surface area contributed by atoms with Gasteiger partial charge in [-0.1, -0.05) is 42.5 Å². The average molecular weight is 121 g/mol. The number of hydrogen-bond donors (Lipinski definition) is 0. The molecule has 0 fully saturated rings. The fraction of sp³-hybridized carbons (Fsp3) is 0. The van der Waals surface area contributed by atoms with E-state index in [1.807, 2.05) is 30.3 Å². The van der Waals surface area contributed by atoms with Gasteiger partial charge in [-0.25, -0.2) is 0 Å². The Balaban J connectivity index is 2.99. The van der Waals surface area contributed by atoms with Gasteiger partial charge in [-0.3, -0.25) is 0 Å². The molecule has 0 atom stereocenters. The Hall–Kier alpha value is -0.690. The molecule has 0 heterocycles. The molecule has 0 aliphatic rings. The van der Waals surface area contributed by atoms with Crippen LogP contribution < -0.4 is 0 Å². The molecule has 0 N–H and O–H groups in total. The molecule has 0 saturated carbocycles. The second-order valence-electron chi connectivity index (χ2n) is 1.47. The second kappa shape index (κ2) is 2.58. The van der Waals surface area contributed by atoms with Gasteiger partial charge >= 0.3 is 0 Å². The van der Waals surface area contributed by atoms with E-state index in [9.17, 15) is 0 Å². The molecule has 1 radical (unpaired) electrons. The smallest absolute Gasteiger partial charge is 0.0636 e. The molecule has 1 rings (SSSR count). The monoisotopic (exact) mass is 121 g/mol. The largest absolute Gasteiger partial charge is 0.0778 e. The minimum atomic E-state index is 0.975. The van der Waals surface area contributed by atoms with Crippen LogP contribution in [-0.2, 0) is 0 Å². The van der Waals surface area contributed by atoms with E-state index >= 15 is 0 Å². The molecule has 0 amide bonds. The third-order valence-corrected chi connectivity index (χ3v) is 1.13. The molecule has 1 aromatic rings. The predicted molar refractivity (Wildman–Crippen MR) is 38.1 cm³/mol. The molecule has 0 unspecified atom stereocenters. The van der Waals surface area contributed by atoms with Crippen LogP contribution >= 0.6 is 12.2 Å². The normalized spacial score (nSPS) is 8.50. The summed E-state index contributed by atoms with van der Waals surface area (Å²) < 4.78 is 0. The quantitative estimate of drug-likeness (QED) is 0.511. The summed E-state index contributed by atoms with van der Waals surface area (Å²) in [6, 6.07) is 9.68. The zero-order valence-corrected chi connectivity index (χ0v) is 5.11. The van der Waals surface area contributed by atoms with Crippen LogP contribution in [0.15, 0.2) is 30.3 Å². The van der Waals surface area contributed by atoms with Gasteiger partial charge in [0.15, 0.2) is 0 Å². The van der Waals surface area contributed by atoms with Crippen molar-refractivity contribution < 1.29 is 0 Å². The van der Waals surface area contributed by atoms with E-state index in [-0.39, 0.29) is 0 Å². The molecule has 39 valence electrons. The fourth-order valence-electron chi connectivity index (χ4n) is 0.506. The molecule has 0 spiro atoms. The number of hydrogen-bond acceptors (Lipinski definition) is 1. The maximum absolute atomic E-state index is 4.57. The Bertz CT molecular complexity index is 167. The molecule has 0 saturated heterocycles. The third-order valence-electron chi connectivity index (χ3n) is 0.892. The number of thiocarbonyl (C=S) groups is 1. The highest BCUT2D eigenvalue weighted by atomic mass is 32.1. The van der Waals surface area contributed by atoms with Gasteiger partial charge in [0.05, 0.1) is 5.37 Å². The molecule has 1 aromatic carbocycles. The van der Waals surface area contributed by atoms with Crippen LogP contribution in [0.2, 0.25) is 0 Å². The van der Waals surface area contributed by atoms with Gasteiger partial charge in [0.1, 0.15) is 0 Å². The summed E-state index contributed by atoms with van der Waals surface area (Å²) in [6.07, 6.45) is 0. The number of rotatable bonds is 1. The second-order valence-corrected chi connectivity index (χ2v) is 1.67. The Labute approximate surface area is 54.2 Å². The van der Waals surface area contributed by atoms with Crippen molar-refractivity contribution in [3.05, 3.63) is 35.9 Å². The van der Waals surface area contributed by atoms with Crippen molar-refractivity contribution in [1.29, 1.82) is 0 Å². The summed E-state index contributed by atoms with van der Waals surface area (Å²) >= 11 is 4.57. The summed E-state index contributed by atoms with van der Waals surface area (Å²) in [5, 5.41) is 2.61. The first-order chi connectivity index (χ1) is 3.93. The highest BCUT2D eigenvalue weighted by molar-refractivity contribution is 7.79. The fourth-order valence-corrected chi connectivity index (χ4v) is 0.642. The summed E-state index contributed by atoms with van der Waals surface area (Å²) in [5.41, 5.74) is 0.975. The van der Waals surface area contributed by atoms with Crippen LogP contribution in [0.5, 0.6) is 0 Å². The van der Waals surface area contributed by atoms with Gasteiger partial charge in [0.25, 0.3) is 0 Å². The zero-order valence-electron chi connectivity index (χ0n) is 4.29. The van der Waals surface area contributed by atoms with Crippen LogP contribution in [0.4, 0.5) is 0 Å².